The Hall–Kier alpha value is -1.12. The van der Waals surface area contributed by atoms with Gasteiger partial charge in [-0.25, -0.2) is 0 Å². The van der Waals surface area contributed by atoms with Gasteiger partial charge in [0.05, 0.1) is 0 Å². The molecule has 1 rings (SSSR count). The van der Waals surface area contributed by atoms with Gasteiger partial charge in [-0.2, -0.15) is 0 Å². The molecule has 13 heavy (non-hydrogen) atoms. The molecule has 0 bridgehead atoms. The van der Waals surface area contributed by atoms with Crippen molar-refractivity contribution in [3.8, 4) is 0 Å². The summed E-state index contributed by atoms with van der Waals surface area (Å²) in [6, 6.07) is 7.99. The molecule has 0 amide bonds. The second-order valence-electron chi connectivity index (χ2n) is 3.00. The highest BCUT2D eigenvalue weighted by Gasteiger charge is 2.05. The Morgan fingerprint density at radius 2 is 2.08 bits per heavy atom. The fraction of sp³-hybridized carbons (Fsp3) is 0.273. The molecule has 4 N–H and O–H groups in total. The molecule has 0 heterocycles. The van der Waals surface area contributed by atoms with E-state index in [1.807, 2.05) is 18.2 Å². The van der Waals surface area contributed by atoms with Gasteiger partial charge in [0, 0.05) is 6.04 Å². The first-order valence-electron chi connectivity index (χ1n) is 4.45. The van der Waals surface area contributed by atoms with Crippen molar-refractivity contribution in [3.63, 3.8) is 0 Å². The third kappa shape index (κ3) is 2.41. The van der Waals surface area contributed by atoms with Gasteiger partial charge < -0.3 is 11.5 Å². The van der Waals surface area contributed by atoms with Gasteiger partial charge in [0.15, 0.2) is 0 Å². The Morgan fingerprint density at radius 3 is 2.69 bits per heavy atom. The molecule has 0 aliphatic rings. The van der Waals surface area contributed by atoms with E-state index in [2.05, 4.69) is 12.6 Å². The van der Waals surface area contributed by atoms with Crippen molar-refractivity contribution < 1.29 is 0 Å². The van der Waals surface area contributed by atoms with Crippen molar-refractivity contribution in [2.24, 2.45) is 11.5 Å². The summed E-state index contributed by atoms with van der Waals surface area (Å²) in [6.45, 7) is 4.34. The van der Waals surface area contributed by atoms with Crippen LogP contribution in [0.5, 0.6) is 0 Å². The lowest BCUT2D eigenvalue weighted by Gasteiger charge is -2.11. The fourth-order valence-corrected chi connectivity index (χ4v) is 1.37. The van der Waals surface area contributed by atoms with E-state index in [1.54, 1.807) is 6.08 Å². The number of hydrogen-bond donors (Lipinski definition) is 2. The molecular weight excluding hydrogens is 160 g/mol. The van der Waals surface area contributed by atoms with Crippen molar-refractivity contribution in [1.82, 2.24) is 0 Å². The highest BCUT2D eigenvalue weighted by Crippen LogP contribution is 2.16. The first-order chi connectivity index (χ1) is 6.29. The normalized spacial score (nSPS) is 12.5. The topological polar surface area (TPSA) is 52.0 Å². The van der Waals surface area contributed by atoms with Crippen LogP contribution in [0, 0.1) is 0 Å². The molecule has 2 nitrogen and oxygen atoms in total. The lowest BCUT2D eigenvalue weighted by molar-refractivity contribution is 0.865. The molecule has 0 unspecified atom stereocenters. The van der Waals surface area contributed by atoms with Gasteiger partial charge in [-0.1, -0.05) is 30.3 Å². The van der Waals surface area contributed by atoms with Crippen molar-refractivity contribution in [2.45, 2.75) is 12.5 Å². The minimum atomic E-state index is -0.0808. The van der Waals surface area contributed by atoms with Crippen LogP contribution < -0.4 is 11.5 Å². The largest absolute Gasteiger partial charge is 0.330 e. The quantitative estimate of drug-likeness (QED) is 0.681. The van der Waals surface area contributed by atoms with Crippen molar-refractivity contribution in [3.05, 3.63) is 48.0 Å². The molecule has 0 aromatic heterocycles. The summed E-state index contributed by atoms with van der Waals surface area (Å²) >= 11 is 0. The average molecular weight is 176 g/mol. The summed E-state index contributed by atoms with van der Waals surface area (Å²) in [6.07, 6.45) is 2.62. The lowest BCUT2D eigenvalue weighted by atomic mass is 9.99. The van der Waals surface area contributed by atoms with Gasteiger partial charge in [0.1, 0.15) is 0 Å². The lowest BCUT2D eigenvalue weighted by Crippen LogP contribution is -2.12. The van der Waals surface area contributed by atoms with Gasteiger partial charge in [0.25, 0.3) is 0 Å². The number of rotatable bonds is 4. The van der Waals surface area contributed by atoms with Crippen LogP contribution in [-0.2, 0) is 6.42 Å². The van der Waals surface area contributed by atoms with Crippen LogP contribution >= 0.6 is 0 Å². The summed E-state index contributed by atoms with van der Waals surface area (Å²) in [5.74, 6) is 0. The van der Waals surface area contributed by atoms with Gasteiger partial charge in [0.2, 0.25) is 0 Å². The van der Waals surface area contributed by atoms with Gasteiger partial charge in [-0.05, 0) is 24.1 Å². The standard InChI is InChI=1S/C11H16N2/c1-2-11(13)10-6-4-3-5-9(10)7-8-12/h2-6,11H,1,7-8,12-13H2/t11-/m1/s1. The second kappa shape index (κ2) is 4.80. The van der Waals surface area contributed by atoms with Gasteiger partial charge in [-0.3, -0.25) is 0 Å². The molecule has 70 valence electrons. The maximum Gasteiger partial charge on any atom is 0.0481 e. The highest BCUT2D eigenvalue weighted by atomic mass is 14.6. The molecule has 1 aromatic carbocycles. The van der Waals surface area contributed by atoms with Crippen LogP contribution in [0.4, 0.5) is 0 Å². The summed E-state index contributed by atoms with van der Waals surface area (Å²) in [4.78, 5) is 0. The Balaban J connectivity index is 2.96. The molecular formula is C11H16N2. The maximum atomic E-state index is 5.87. The second-order valence-corrected chi connectivity index (χ2v) is 3.00. The molecule has 0 saturated heterocycles. The van der Waals surface area contributed by atoms with E-state index < -0.39 is 0 Å². The smallest absolute Gasteiger partial charge is 0.0481 e. The van der Waals surface area contributed by atoms with Crippen molar-refractivity contribution >= 4 is 0 Å². The third-order valence-electron chi connectivity index (χ3n) is 2.08. The summed E-state index contributed by atoms with van der Waals surface area (Å²) in [5.41, 5.74) is 13.7. The van der Waals surface area contributed by atoms with E-state index in [0.717, 1.165) is 12.0 Å². The average Bonchev–Trinajstić information content (AvgIpc) is 2.18. The van der Waals surface area contributed by atoms with E-state index in [9.17, 15) is 0 Å². The minimum Gasteiger partial charge on any atom is -0.330 e. The molecule has 1 atom stereocenters. The molecule has 0 saturated carbocycles. The summed E-state index contributed by atoms with van der Waals surface area (Å²) in [7, 11) is 0. The SMILES string of the molecule is C=C[C@@H](N)c1ccccc1CCN. The van der Waals surface area contributed by atoms with E-state index in [4.69, 9.17) is 11.5 Å². The van der Waals surface area contributed by atoms with Crippen LogP contribution in [0.3, 0.4) is 0 Å². The zero-order chi connectivity index (χ0) is 9.68. The zero-order valence-electron chi connectivity index (χ0n) is 7.74. The first kappa shape index (κ1) is 9.96. The molecule has 0 fully saturated rings. The molecule has 2 heteroatoms. The third-order valence-corrected chi connectivity index (χ3v) is 2.08. The summed E-state index contributed by atoms with van der Waals surface area (Å²) < 4.78 is 0. The van der Waals surface area contributed by atoms with Crippen LogP contribution in [0.25, 0.3) is 0 Å². The minimum absolute atomic E-state index is 0.0808. The molecule has 0 aliphatic heterocycles. The molecule has 1 aromatic rings. The van der Waals surface area contributed by atoms with Gasteiger partial charge >= 0.3 is 0 Å². The predicted octanol–water partition coefficient (Wildman–Crippen LogP) is 1.37. The van der Waals surface area contributed by atoms with Crippen LogP contribution in [0.15, 0.2) is 36.9 Å². The molecule has 0 spiro atoms. The fourth-order valence-electron chi connectivity index (χ4n) is 1.37. The summed E-state index contributed by atoms with van der Waals surface area (Å²) in [5, 5.41) is 0. The van der Waals surface area contributed by atoms with E-state index in [0.29, 0.717) is 6.54 Å². The number of nitrogens with two attached hydrogens (primary N) is 2. The van der Waals surface area contributed by atoms with E-state index in [-0.39, 0.29) is 6.04 Å². The van der Waals surface area contributed by atoms with Crippen LogP contribution in [-0.4, -0.2) is 6.54 Å². The predicted molar refractivity (Wildman–Crippen MR) is 56.3 cm³/mol. The Morgan fingerprint density at radius 1 is 1.38 bits per heavy atom. The zero-order valence-corrected chi connectivity index (χ0v) is 7.74. The van der Waals surface area contributed by atoms with Crippen LogP contribution in [0.2, 0.25) is 0 Å². The first-order valence-corrected chi connectivity index (χ1v) is 4.45. The maximum absolute atomic E-state index is 5.87. The Labute approximate surface area is 79.2 Å². The monoisotopic (exact) mass is 176 g/mol. The molecule has 0 radical (unpaired) electrons. The van der Waals surface area contributed by atoms with E-state index in [1.165, 1.54) is 5.56 Å². The highest BCUT2D eigenvalue weighted by molar-refractivity contribution is 5.32. The number of hydrogen-bond acceptors (Lipinski definition) is 2. The number of benzene rings is 1. The van der Waals surface area contributed by atoms with Crippen molar-refractivity contribution in [2.75, 3.05) is 6.54 Å². The van der Waals surface area contributed by atoms with Gasteiger partial charge in [-0.15, -0.1) is 6.58 Å². The van der Waals surface area contributed by atoms with Crippen molar-refractivity contribution in [1.29, 1.82) is 0 Å². The Bertz CT molecular complexity index is 281. The Kier molecular flexibility index (Phi) is 3.68. The molecule has 0 aliphatic carbocycles. The van der Waals surface area contributed by atoms with E-state index >= 15 is 0 Å². The van der Waals surface area contributed by atoms with Crippen LogP contribution in [0.1, 0.15) is 17.2 Å².